The van der Waals surface area contributed by atoms with E-state index in [1.807, 2.05) is 30.3 Å². The Bertz CT molecular complexity index is 697. The van der Waals surface area contributed by atoms with Crippen LogP contribution in [0.4, 0.5) is 10.5 Å². The maximum Gasteiger partial charge on any atom is 0.412 e. The van der Waals surface area contributed by atoms with Crippen molar-refractivity contribution in [2.75, 3.05) is 11.9 Å². The SMILES string of the molecule is O=C(Nc1cccc2c1OCCC2=O)OCc1ccccc1. The summed E-state index contributed by atoms with van der Waals surface area (Å²) in [6.07, 6.45) is -0.228. The minimum absolute atomic E-state index is 0.0163. The van der Waals surface area contributed by atoms with Crippen LogP contribution in [0.25, 0.3) is 0 Å². The van der Waals surface area contributed by atoms with Crippen molar-refractivity contribution in [3.8, 4) is 5.75 Å². The Hall–Kier alpha value is -2.82. The van der Waals surface area contributed by atoms with Crippen molar-refractivity contribution in [2.45, 2.75) is 13.0 Å². The van der Waals surface area contributed by atoms with Gasteiger partial charge in [0.1, 0.15) is 6.61 Å². The molecule has 2 aromatic carbocycles. The fourth-order valence-electron chi connectivity index (χ4n) is 2.26. The minimum atomic E-state index is -0.584. The molecule has 0 unspecified atom stereocenters. The van der Waals surface area contributed by atoms with E-state index in [9.17, 15) is 9.59 Å². The molecule has 3 rings (SSSR count). The number of fused-ring (bicyclic) bond motifs is 1. The van der Waals surface area contributed by atoms with Crippen LogP contribution in [-0.2, 0) is 11.3 Å². The normalized spacial score (nSPS) is 13.0. The standard InChI is InChI=1S/C17H15NO4/c19-15-9-10-21-16-13(15)7-4-8-14(16)18-17(20)22-11-12-5-2-1-3-6-12/h1-8H,9-11H2,(H,18,20). The molecular weight excluding hydrogens is 282 g/mol. The predicted octanol–water partition coefficient (Wildman–Crippen LogP) is 3.40. The topological polar surface area (TPSA) is 64.6 Å². The van der Waals surface area contributed by atoms with Gasteiger partial charge in [-0.2, -0.15) is 0 Å². The number of nitrogens with one attached hydrogen (secondary N) is 1. The molecule has 0 fully saturated rings. The molecule has 1 aliphatic heterocycles. The van der Waals surface area contributed by atoms with Crippen LogP contribution < -0.4 is 10.1 Å². The van der Waals surface area contributed by atoms with Gasteiger partial charge in [-0.05, 0) is 17.7 Å². The van der Waals surface area contributed by atoms with Crippen molar-refractivity contribution in [3.63, 3.8) is 0 Å². The third-order valence-corrected chi connectivity index (χ3v) is 3.34. The smallest absolute Gasteiger partial charge is 0.412 e. The highest BCUT2D eigenvalue weighted by molar-refractivity contribution is 6.02. The highest BCUT2D eigenvalue weighted by atomic mass is 16.5. The molecule has 0 aliphatic carbocycles. The third-order valence-electron chi connectivity index (χ3n) is 3.34. The quantitative estimate of drug-likeness (QED) is 0.943. The van der Waals surface area contributed by atoms with Gasteiger partial charge < -0.3 is 9.47 Å². The number of amides is 1. The van der Waals surface area contributed by atoms with E-state index in [2.05, 4.69) is 5.32 Å². The van der Waals surface area contributed by atoms with Crippen molar-refractivity contribution < 1.29 is 19.1 Å². The second-order valence-electron chi connectivity index (χ2n) is 4.89. The predicted molar refractivity (Wildman–Crippen MR) is 81.1 cm³/mol. The maximum absolute atomic E-state index is 11.9. The summed E-state index contributed by atoms with van der Waals surface area (Å²) in [6.45, 7) is 0.505. The molecule has 2 aromatic rings. The first-order valence-electron chi connectivity index (χ1n) is 7.01. The molecule has 5 nitrogen and oxygen atoms in total. The Kier molecular flexibility index (Phi) is 4.05. The minimum Gasteiger partial charge on any atom is -0.490 e. The lowest BCUT2D eigenvalue weighted by atomic mass is 10.0. The largest absolute Gasteiger partial charge is 0.490 e. The second-order valence-corrected chi connectivity index (χ2v) is 4.89. The second kappa shape index (κ2) is 6.30. The number of carbonyl (C=O) groups excluding carboxylic acids is 2. The summed E-state index contributed by atoms with van der Waals surface area (Å²) >= 11 is 0. The summed E-state index contributed by atoms with van der Waals surface area (Å²) in [6, 6.07) is 14.5. The van der Waals surface area contributed by atoms with Gasteiger partial charge in [-0.3, -0.25) is 10.1 Å². The maximum atomic E-state index is 11.9. The van der Waals surface area contributed by atoms with E-state index < -0.39 is 6.09 Å². The molecule has 0 aromatic heterocycles. The molecule has 1 N–H and O–H groups in total. The Morgan fingerprint density at radius 3 is 2.77 bits per heavy atom. The number of ether oxygens (including phenoxy) is 2. The molecule has 0 bridgehead atoms. The fourth-order valence-corrected chi connectivity index (χ4v) is 2.26. The molecular formula is C17H15NO4. The molecule has 1 heterocycles. The van der Waals surface area contributed by atoms with Gasteiger partial charge in [-0.15, -0.1) is 0 Å². The fraction of sp³-hybridized carbons (Fsp3) is 0.176. The zero-order chi connectivity index (χ0) is 15.4. The van der Waals surface area contributed by atoms with Gasteiger partial charge in [0.25, 0.3) is 0 Å². The summed E-state index contributed by atoms with van der Waals surface area (Å²) in [4.78, 5) is 23.7. The summed E-state index contributed by atoms with van der Waals surface area (Å²) in [5.41, 5.74) is 1.84. The Labute approximate surface area is 127 Å². The number of hydrogen-bond donors (Lipinski definition) is 1. The third kappa shape index (κ3) is 3.09. The van der Waals surface area contributed by atoms with Crippen LogP contribution in [-0.4, -0.2) is 18.5 Å². The molecule has 1 amide bonds. The molecule has 0 saturated carbocycles. The number of rotatable bonds is 3. The van der Waals surface area contributed by atoms with E-state index >= 15 is 0 Å². The van der Waals surface area contributed by atoms with Crippen LogP contribution >= 0.6 is 0 Å². The molecule has 112 valence electrons. The van der Waals surface area contributed by atoms with E-state index in [0.717, 1.165) is 5.56 Å². The van der Waals surface area contributed by atoms with Gasteiger partial charge in [-0.25, -0.2) is 4.79 Å². The Morgan fingerprint density at radius 2 is 1.95 bits per heavy atom. The lowest BCUT2D eigenvalue weighted by molar-refractivity contribution is 0.0933. The molecule has 1 aliphatic rings. The van der Waals surface area contributed by atoms with Crippen molar-refractivity contribution in [2.24, 2.45) is 0 Å². The average Bonchev–Trinajstić information content (AvgIpc) is 2.55. The van der Waals surface area contributed by atoms with E-state index in [4.69, 9.17) is 9.47 Å². The molecule has 0 atom stereocenters. The van der Waals surface area contributed by atoms with Crippen LogP contribution in [0.1, 0.15) is 22.3 Å². The van der Waals surface area contributed by atoms with E-state index in [-0.39, 0.29) is 12.4 Å². The first kappa shape index (κ1) is 14.1. The number of para-hydroxylation sites is 1. The first-order chi connectivity index (χ1) is 10.7. The highest BCUT2D eigenvalue weighted by Gasteiger charge is 2.22. The average molecular weight is 297 g/mol. The van der Waals surface area contributed by atoms with Crippen LogP contribution in [0.15, 0.2) is 48.5 Å². The van der Waals surface area contributed by atoms with Crippen LogP contribution in [0.3, 0.4) is 0 Å². The van der Waals surface area contributed by atoms with Gasteiger partial charge in [0.05, 0.1) is 17.9 Å². The highest BCUT2D eigenvalue weighted by Crippen LogP contribution is 2.32. The van der Waals surface area contributed by atoms with Crippen LogP contribution in [0.2, 0.25) is 0 Å². The molecule has 22 heavy (non-hydrogen) atoms. The van der Waals surface area contributed by atoms with Gasteiger partial charge in [0.2, 0.25) is 0 Å². The van der Waals surface area contributed by atoms with Gasteiger partial charge in [0.15, 0.2) is 11.5 Å². The van der Waals surface area contributed by atoms with Crippen LogP contribution in [0.5, 0.6) is 5.75 Å². The zero-order valence-electron chi connectivity index (χ0n) is 11.9. The summed E-state index contributed by atoms with van der Waals surface area (Å²) in [5, 5.41) is 2.62. The summed E-state index contributed by atoms with van der Waals surface area (Å²) < 4.78 is 10.7. The van der Waals surface area contributed by atoms with Crippen molar-refractivity contribution in [1.29, 1.82) is 0 Å². The molecule has 5 heteroatoms. The molecule has 0 saturated heterocycles. The monoisotopic (exact) mass is 297 g/mol. The van der Waals surface area contributed by atoms with Crippen molar-refractivity contribution >= 4 is 17.6 Å². The lowest BCUT2D eigenvalue weighted by Crippen LogP contribution is -2.19. The number of benzene rings is 2. The lowest BCUT2D eigenvalue weighted by Gasteiger charge is -2.19. The number of anilines is 1. The number of hydrogen-bond acceptors (Lipinski definition) is 4. The number of carbonyl (C=O) groups is 2. The Morgan fingerprint density at radius 1 is 1.14 bits per heavy atom. The van der Waals surface area contributed by atoms with Gasteiger partial charge in [-0.1, -0.05) is 36.4 Å². The summed E-state index contributed by atoms with van der Waals surface area (Å²) in [7, 11) is 0. The molecule has 0 radical (unpaired) electrons. The first-order valence-corrected chi connectivity index (χ1v) is 7.01. The Balaban J connectivity index is 1.67. The van der Waals surface area contributed by atoms with E-state index in [1.54, 1.807) is 18.2 Å². The summed E-state index contributed by atoms with van der Waals surface area (Å²) in [5.74, 6) is 0.429. The van der Waals surface area contributed by atoms with Gasteiger partial charge >= 0.3 is 6.09 Å². The van der Waals surface area contributed by atoms with Crippen molar-refractivity contribution in [3.05, 3.63) is 59.7 Å². The van der Waals surface area contributed by atoms with E-state index in [0.29, 0.717) is 30.0 Å². The number of Topliss-reactive ketones (excluding diaryl/α,β-unsaturated/α-hetero) is 1. The number of ketones is 1. The molecule has 0 spiro atoms. The van der Waals surface area contributed by atoms with Crippen molar-refractivity contribution in [1.82, 2.24) is 0 Å². The van der Waals surface area contributed by atoms with Crippen LogP contribution in [0, 0.1) is 0 Å². The van der Waals surface area contributed by atoms with Gasteiger partial charge in [0, 0.05) is 6.42 Å². The van der Waals surface area contributed by atoms with E-state index in [1.165, 1.54) is 0 Å². The zero-order valence-corrected chi connectivity index (χ0v) is 11.9.